The first-order valence-corrected chi connectivity index (χ1v) is 9.30. The van der Waals surface area contributed by atoms with E-state index in [-0.39, 0.29) is 11.6 Å². The quantitative estimate of drug-likeness (QED) is 0.571. The fraction of sp³-hybridized carbons (Fsp3) is 0.300. The van der Waals surface area contributed by atoms with Crippen molar-refractivity contribution >= 4 is 29.1 Å². The molecule has 0 aliphatic carbocycles. The Hall–Kier alpha value is -2.26. The molecule has 27 heavy (non-hydrogen) atoms. The van der Waals surface area contributed by atoms with E-state index in [4.69, 9.17) is 28.9 Å². The largest absolute Gasteiger partial charge is 0.351 e. The van der Waals surface area contributed by atoms with E-state index in [0.29, 0.717) is 36.0 Å². The summed E-state index contributed by atoms with van der Waals surface area (Å²) in [6, 6.07) is 8.25. The summed E-state index contributed by atoms with van der Waals surface area (Å²) in [6.07, 6.45) is 2.63. The highest BCUT2D eigenvalue weighted by molar-refractivity contribution is 6.31. The zero-order valence-electron chi connectivity index (χ0n) is 15.0. The van der Waals surface area contributed by atoms with Crippen LogP contribution in [0.15, 0.2) is 41.3 Å². The van der Waals surface area contributed by atoms with Crippen molar-refractivity contribution in [3.8, 4) is 11.8 Å². The molecule has 1 aromatic carbocycles. The second-order valence-electron chi connectivity index (χ2n) is 5.91. The van der Waals surface area contributed by atoms with Gasteiger partial charge in [0.25, 0.3) is 11.5 Å². The van der Waals surface area contributed by atoms with Crippen LogP contribution in [0.3, 0.4) is 0 Å². The first-order valence-electron chi connectivity index (χ1n) is 8.55. The number of carbonyl (C=O) groups excluding carboxylic acids is 1. The minimum absolute atomic E-state index is 0.00164. The number of pyridine rings is 1. The molecule has 7 heteroatoms. The number of aromatic nitrogens is 1. The van der Waals surface area contributed by atoms with Crippen molar-refractivity contribution in [3.63, 3.8) is 0 Å². The van der Waals surface area contributed by atoms with Gasteiger partial charge in [-0.25, -0.2) is 0 Å². The highest BCUT2D eigenvalue weighted by Gasteiger charge is 2.17. The third-order valence-electron chi connectivity index (χ3n) is 3.95. The third kappa shape index (κ3) is 5.86. The van der Waals surface area contributed by atoms with Crippen molar-refractivity contribution < 1.29 is 4.79 Å². The van der Waals surface area contributed by atoms with Gasteiger partial charge in [-0.05, 0) is 30.7 Å². The van der Waals surface area contributed by atoms with Crippen molar-refractivity contribution in [2.24, 2.45) is 5.73 Å². The first kappa shape index (κ1) is 21.0. The molecule has 2 aromatic rings. The van der Waals surface area contributed by atoms with Crippen molar-refractivity contribution in [2.75, 3.05) is 13.1 Å². The number of amides is 1. The maximum atomic E-state index is 12.8. The second kappa shape index (κ2) is 10.2. The van der Waals surface area contributed by atoms with E-state index in [9.17, 15) is 9.59 Å². The molecule has 0 fully saturated rings. The minimum atomic E-state index is -0.472. The molecule has 3 N–H and O–H groups in total. The fourth-order valence-electron chi connectivity index (χ4n) is 2.50. The number of hydrogen-bond acceptors (Lipinski definition) is 3. The maximum Gasteiger partial charge on any atom is 0.264 e. The number of benzene rings is 1. The zero-order valence-corrected chi connectivity index (χ0v) is 16.5. The summed E-state index contributed by atoms with van der Waals surface area (Å²) in [5, 5.41) is 3.61. The molecule has 0 aliphatic heterocycles. The molecule has 0 saturated heterocycles. The Labute approximate surface area is 168 Å². The van der Waals surface area contributed by atoms with Crippen LogP contribution in [0.4, 0.5) is 0 Å². The molecular weight excluding hydrogens is 385 g/mol. The molecule has 5 nitrogen and oxygen atoms in total. The number of halogens is 2. The van der Waals surface area contributed by atoms with Crippen LogP contribution in [0.5, 0.6) is 0 Å². The summed E-state index contributed by atoms with van der Waals surface area (Å²) in [4.78, 5) is 25.2. The van der Waals surface area contributed by atoms with Crippen molar-refractivity contribution in [2.45, 2.75) is 25.8 Å². The zero-order chi connectivity index (χ0) is 19.8. The summed E-state index contributed by atoms with van der Waals surface area (Å²) in [6.45, 7) is 2.71. The van der Waals surface area contributed by atoms with Crippen LogP contribution < -0.4 is 16.6 Å². The van der Waals surface area contributed by atoms with E-state index in [2.05, 4.69) is 17.2 Å². The molecule has 0 aliphatic rings. The normalized spacial score (nSPS) is 11.4. The molecule has 142 valence electrons. The highest BCUT2D eigenvalue weighted by Crippen LogP contribution is 2.20. The van der Waals surface area contributed by atoms with Crippen LogP contribution in [0.25, 0.3) is 0 Å². The van der Waals surface area contributed by atoms with Crippen LogP contribution in [0.2, 0.25) is 10.0 Å². The molecule has 1 amide bonds. The topological polar surface area (TPSA) is 77.1 Å². The van der Waals surface area contributed by atoms with Gasteiger partial charge in [0.05, 0.1) is 11.1 Å². The maximum absolute atomic E-state index is 12.8. The average Bonchev–Trinajstić information content (AvgIpc) is 2.66. The lowest BCUT2D eigenvalue weighted by Gasteiger charge is -2.17. The van der Waals surface area contributed by atoms with Crippen LogP contribution in [0, 0.1) is 11.8 Å². The number of nitrogens with two attached hydrogens (primary N) is 1. The summed E-state index contributed by atoms with van der Waals surface area (Å²) in [7, 11) is 0. The van der Waals surface area contributed by atoms with Crippen LogP contribution >= 0.6 is 23.2 Å². The molecular formula is C20H21Cl2N3O2. The predicted octanol–water partition coefficient (Wildman–Crippen LogP) is 3.24. The Morgan fingerprint density at radius 1 is 1.19 bits per heavy atom. The smallest absolute Gasteiger partial charge is 0.264 e. The number of hydrogen-bond donors (Lipinski definition) is 2. The summed E-state index contributed by atoms with van der Waals surface area (Å²) >= 11 is 12.1. The van der Waals surface area contributed by atoms with E-state index in [1.54, 1.807) is 12.1 Å². The summed E-state index contributed by atoms with van der Waals surface area (Å²) in [5.74, 6) is 5.33. The van der Waals surface area contributed by atoms with Crippen molar-refractivity contribution in [1.82, 2.24) is 9.88 Å². The Morgan fingerprint density at radius 2 is 1.85 bits per heavy atom. The Balaban J connectivity index is 2.19. The molecule has 2 rings (SSSR count). The molecule has 1 unspecified atom stereocenters. The minimum Gasteiger partial charge on any atom is -0.351 e. The number of nitrogens with zero attached hydrogens (tertiary/aromatic N) is 1. The van der Waals surface area contributed by atoms with Gasteiger partial charge in [-0.2, -0.15) is 0 Å². The van der Waals surface area contributed by atoms with Gasteiger partial charge in [0.1, 0.15) is 5.56 Å². The Morgan fingerprint density at radius 3 is 2.52 bits per heavy atom. The van der Waals surface area contributed by atoms with E-state index in [0.717, 1.165) is 5.56 Å². The van der Waals surface area contributed by atoms with Gasteiger partial charge in [0.15, 0.2) is 0 Å². The summed E-state index contributed by atoms with van der Waals surface area (Å²) in [5.41, 5.74) is 5.83. The number of carbonyl (C=O) groups is 1. The van der Waals surface area contributed by atoms with Gasteiger partial charge in [-0.15, -0.1) is 11.8 Å². The molecule has 0 bridgehead atoms. The first-order chi connectivity index (χ1) is 12.9. The molecule has 0 radical (unpaired) electrons. The molecule has 0 saturated carbocycles. The molecule has 1 aromatic heterocycles. The van der Waals surface area contributed by atoms with E-state index >= 15 is 0 Å². The fourth-order valence-corrected chi connectivity index (χ4v) is 2.84. The lowest BCUT2D eigenvalue weighted by Crippen LogP contribution is -2.34. The van der Waals surface area contributed by atoms with Gasteiger partial charge >= 0.3 is 0 Å². The van der Waals surface area contributed by atoms with E-state index < -0.39 is 11.5 Å². The van der Waals surface area contributed by atoms with E-state index in [1.165, 1.54) is 16.8 Å². The highest BCUT2D eigenvalue weighted by atomic mass is 35.5. The lowest BCUT2D eigenvalue weighted by molar-refractivity contribution is 0.0952. The molecule has 1 heterocycles. The van der Waals surface area contributed by atoms with Crippen LogP contribution in [-0.2, 0) is 0 Å². The standard InChI is InChI=1S/C20H21Cl2N3O2/c1-14(15-6-8-16(21)9-7-15)25-13-17(22)12-18(20(25)27)19(26)24-11-5-3-2-4-10-23/h6-9,12-14H,4-5,10-11,23H2,1H3,(H,24,26). The predicted molar refractivity (Wildman–Crippen MR) is 109 cm³/mol. The van der Waals surface area contributed by atoms with Gasteiger partial charge in [0.2, 0.25) is 0 Å². The second-order valence-corrected chi connectivity index (χ2v) is 6.78. The van der Waals surface area contributed by atoms with Gasteiger partial charge in [0, 0.05) is 37.2 Å². The van der Waals surface area contributed by atoms with Crippen molar-refractivity contribution in [1.29, 1.82) is 0 Å². The molecule has 1 atom stereocenters. The van der Waals surface area contributed by atoms with Crippen molar-refractivity contribution in [3.05, 3.63) is 68.1 Å². The number of nitrogens with one attached hydrogen (secondary N) is 1. The lowest BCUT2D eigenvalue weighted by atomic mass is 10.1. The van der Waals surface area contributed by atoms with E-state index in [1.807, 2.05) is 19.1 Å². The molecule has 0 spiro atoms. The van der Waals surface area contributed by atoms with Crippen LogP contribution in [-0.4, -0.2) is 23.6 Å². The Bertz CT molecular complexity index is 912. The third-order valence-corrected chi connectivity index (χ3v) is 4.41. The van der Waals surface area contributed by atoms with Crippen LogP contribution in [0.1, 0.15) is 41.7 Å². The Kier molecular flexibility index (Phi) is 7.93. The SMILES string of the molecule is CC(c1ccc(Cl)cc1)n1cc(Cl)cc(C(=O)NCCC#CCCN)c1=O. The average molecular weight is 406 g/mol. The monoisotopic (exact) mass is 405 g/mol. The number of rotatable bonds is 6. The van der Waals surface area contributed by atoms with Gasteiger partial charge < -0.3 is 15.6 Å². The van der Waals surface area contributed by atoms with Gasteiger partial charge in [-0.3, -0.25) is 9.59 Å². The summed E-state index contributed by atoms with van der Waals surface area (Å²) < 4.78 is 1.45. The van der Waals surface area contributed by atoms with Gasteiger partial charge in [-0.1, -0.05) is 35.3 Å².